The second kappa shape index (κ2) is 6.54. The molecule has 0 radical (unpaired) electrons. The maximum atomic E-state index is 14.8. The summed E-state index contributed by atoms with van der Waals surface area (Å²) >= 11 is 0. The average Bonchev–Trinajstić information content (AvgIpc) is 3.36. The van der Waals surface area contributed by atoms with Crippen molar-refractivity contribution in [1.82, 2.24) is 10.3 Å². The van der Waals surface area contributed by atoms with Gasteiger partial charge in [-0.05, 0) is 45.2 Å². The first-order valence-corrected chi connectivity index (χ1v) is 9.32. The number of nitrogens with one attached hydrogen (secondary N) is 1. The molecule has 2 fully saturated rings. The van der Waals surface area contributed by atoms with E-state index < -0.39 is 5.97 Å². The Balaban J connectivity index is 1.65. The molecule has 2 aliphatic heterocycles. The lowest BCUT2D eigenvalue weighted by atomic mass is 10.0. The van der Waals surface area contributed by atoms with Crippen LogP contribution in [-0.4, -0.2) is 48.3 Å². The van der Waals surface area contributed by atoms with Crippen LogP contribution < -0.4 is 15.1 Å². The van der Waals surface area contributed by atoms with Crippen LogP contribution in [0.4, 0.5) is 16.0 Å². The van der Waals surface area contributed by atoms with Gasteiger partial charge in [0.25, 0.3) is 0 Å². The second-order valence-corrected chi connectivity index (χ2v) is 7.62. The molecule has 0 aromatic carbocycles. The lowest BCUT2D eigenvalue weighted by molar-refractivity contribution is -0.132. The molecule has 1 aromatic heterocycles. The number of nitrogens with zero attached hydrogens (tertiary/aromatic N) is 3. The third kappa shape index (κ3) is 3.05. The Morgan fingerprint density at radius 1 is 1.38 bits per heavy atom. The van der Waals surface area contributed by atoms with Crippen molar-refractivity contribution in [3.8, 4) is 0 Å². The maximum Gasteiger partial charge on any atom is 0.333 e. The predicted molar refractivity (Wildman–Crippen MR) is 98.0 cm³/mol. The van der Waals surface area contributed by atoms with Gasteiger partial charge in [0.2, 0.25) is 0 Å². The minimum absolute atomic E-state index is 0.220. The summed E-state index contributed by atoms with van der Waals surface area (Å²) in [6.45, 7) is 3.72. The van der Waals surface area contributed by atoms with E-state index in [4.69, 9.17) is 0 Å². The molecule has 1 saturated carbocycles. The number of anilines is 2. The Kier molecular flexibility index (Phi) is 4.34. The summed E-state index contributed by atoms with van der Waals surface area (Å²) in [5.41, 5.74) is 0.958. The van der Waals surface area contributed by atoms with E-state index >= 15 is 0 Å². The summed E-state index contributed by atoms with van der Waals surface area (Å²) in [5.74, 6) is 0.278. The zero-order chi connectivity index (χ0) is 18.4. The van der Waals surface area contributed by atoms with Crippen LogP contribution in [0.2, 0.25) is 0 Å². The predicted octanol–water partition coefficient (Wildman–Crippen LogP) is 2.15. The molecule has 1 aliphatic carbocycles. The van der Waals surface area contributed by atoms with E-state index in [0.717, 1.165) is 38.2 Å². The Morgan fingerprint density at radius 3 is 2.81 bits per heavy atom. The van der Waals surface area contributed by atoms with Crippen LogP contribution in [-0.2, 0) is 11.2 Å². The highest BCUT2D eigenvalue weighted by Gasteiger charge is 2.36. The Morgan fingerprint density at radius 2 is 2.15 bits per heavy atom. The van der Waals surface area contributed by atoms with Gasteiger partial charge in [0.1, 0.15) is 5.82 Å². The lowest BCUT2D eigenvalue weighted by Crippen LogP contribution is -2.33. The summed E-state index contributed by atoms with van der Waals surface area (Å²) in [5, 5.41) is 12.6. The van der Waals surface area contributed by atoms with E-state index in [1.807, 2.05) is 16.8 Å². The number of pyridine rings is 1. The van der Waals surface area contributed by atoms with Gasteiger partial charge >= 0.3 is 5.97 Å². The van der Waals surface area contributed by atoms with Crippen molar-refractivity contribution < 1.29 is 14.3 Å². The molecule has 0 spiro atoms. The molecule has 0 bridgehead atoms. The van der Waals surface area contributed by atoms with Gasteiger partial charge in [0, 0.05) is 43.4 Å². The van der Waals surface area contributed by atoms with E-state index in [2.05, 4.69) is 17.2 Å². The average molecular weight is 360 g/mol. The van der Waals surface area contributed by atoms with Gasteiger partial charge in [-0.3, -0.25) is 0 Å². The summed E-state index contributed by atoms with van der Waals surface area (Å²) in [4.78, 5) is 20.1. The van der Waals surface area contributed by atoms with E-state index in [1.165, 1.54) is 6.07 Å². The van der Waals surface area contributed by atoms with Gasteiger partial charge in [-0.25, -0.2) is 14.2 Å². The van der Waals surface area contributed by atoms with Crippen LogP contribution in [0.3, 0.4) is 0 Å². The quantitative estimate of drug-likeness (QED) is 0.839. The van der Waals surface area contributed by atoms with E-state index in [-0.39, 0.29) is 18.3 Å². The van der Waals surface area contributed by atoms with Crippen molar-refractivity contribution in [2.24, 2.45) is 5.92 Å². The van der Waals surface area contributed by atoms with Gasteiger partial charge in [-0.15, -0.1) is 0 Å². The first kappa shape index (κ1) is 17.3. The van der Waals surface area contributed by atoms with E-state index in [1.54, 1.807) is 6.20 Å². The molecule has 3 heterocycles. The third-order valence-corrected chi connectivity index (χ3v) is 5.84. The normalized spacial score (nSPS) is 23.7. The first-order chi connectivity index (χ1) is 12.5. The molecular weight excluding hydrogens is 335 g/mol. The zero-order valence-corrected chi connectivity index (χ0v) is 15.2. The molecule has 7 heteroatoms. The molecule has 1 aromatic rings. The topological polar surface area (TPSA) is 68.7 Å². The number of carbonyl (C=O) groups is 1. The summed E-state index contributed by atoms with van der Waals surface area (Å²) < 4.78 is 14.8. The second-order valence-electron chi connectivity index (χ2n) is 7.62. The zero-order valence-electron chi connectivity index (χ0n) is 15.2. The highest BCUT2D eigenvalue weighted by atomic mass is 19.1. The maximum absolute atomic E-state index is 14.8. The van der Waals surface area contributed by atoms with Gasteiger partial charge in [-0.2, -0.15) is 0 Å². The van der Waals surface area contributed by atoms with Gasteiger partial charge < -0.3 is 20.2 Å². The van der Waals surface area contributed by atoms with Gasteiger partial charge in [0.05, 0.1) is 5.57 Å². The van der Waals surface area contributed by atoms with Crippen LogP contribution in [0.25, 0.3) is 0 Å². The molecule has 6 nitrogen and oxygen atoms in total. The molecule has 2 atom stereocenters. The fraction of sp³-hybridized carbons (Fsp3) is 0.579. The fourth-order valence-corrected chi connectivity index (χ4v) is 3.95. The largest absolute Gasteiger partial charge is 0.478 e. The molecule has 1 saturated heterocycles. The number of fused-ring (bicyclic) bond motifs is 1. The molecular formula is C19H25FN4O2. The number of aliphatic carboxylic acids is 1. The van der Waals surface area contributed by atoms with Gasteiger partial charge in [0.15, 0.2) is 11.6 Å². The monoisotopic (exact) mass is 360 g/mol. The molecule has 3 aliphatic rings. The number of aromatic nitrogens is 1. The number of rotatable bonds is 5. The van der Waals surface area contributed by atoms with Crippen LogP contribution >= 0.6 is 0 Å². The van der Waals surface area contributed by atoms with E-state index in [0.29, 0.717) is 28.9 Å². The van der Waals surface area contributed by atoms with Crippen molar-refractivity contribution in [2.45, 2.75) is 44.7 Å². The Labute approximate surface area is 152 Å². The number of carboxylic acid groups (broad SMARTS) is 1. The minimum atomic E-state index is -0.950. The van der Waals surface area contributed by atoms with Gasteiger partial charge in [-0.1, -0.05) is 0 Å². The lowest BCUT2D eigenvalue weighted by Gasteiger charge is -2.29. The van der Waals surface area contributed by atoms with Crippen molar-refractivity contribution in [2.75, 3.05) is 29.9 Å². The van der Waals surface area contributed by atoms with Crippen LogP contribution in [0.15, 0.2) is 17.8 Å². The number of halogens is 1. The third-order valence-electron chi connectivity index (χ3n) is 5.84. The van der Waals surface area contributed by atoms with Crippen molar-refractivity contribution >= 4 is 17.6 Å². The molecule has 4 rings (SSSR count). The molecule has 140 valence electrons. The molecule has 2 N–H and O–H groups in total. The van der Waals surface area contributed by atoms with E-state index in [9.17, 15) is 14.3 Å². The Bertz CT molecular complexity index is 762. The highest BCUT2D eigenvalue weighted by molar-refractivity contribution is 5.89. The minimum Gasteiger partial charge on any atom is -0.478 e. The number of carboxylic acids is 1. The van der Waals surface area contributed by atoms with Crippen LogP contribution in [0, 0.1) is 11.7 Å². The van der Waals surface area contributed by atoms with Crippen LogP contribution in [0.5, 0.6) is 0 Å². The summed E-state index contributed by atoms with van der Waals surface area (Å²) in [6.07, 6.45) is 4.95. The SMILES string of the molecule is CN[C@H](C)[C@@H]1CCN(c2nc3c(cc2F)CC(C(=O)O)=CN3C2CC2)C1. The molecule has 0 unspecified atom stereocenters. The highest BCUT2D eigenvalue weighted by Crippen LogP contribution is 2.39. The Hall–Kier alpha value is -2.15. The summed E-state index contributed by atoms with van der Waals surface area (Å²) in [7, 11) is 1.95. The fourth-order valence-electron chi connectivity index (χ4n) is 3.95. The number of hydrogen-bond acceptors (Lipinski definition) is 5. The first-order valence-electron chi connectivity index (χ1n) is 9.32. The van der Waals surface area contributed by atoms with Crippen molar-refractivity contribution in [1.29, 1.82) is 0 Å². The van der Waals surface area contributed by atoms with Crippen molar-refractivity contribution in [3.05, 3.63) is 29.2 Å². The molecule has 26 heavy (non-hydrogen) atoms. The smallest absolute Gasteiger partial charge is 0.333 e. The summed E-state index contributed by atoms with van der Waals surface area (Å²) in [6, 6.07) is 2.15. The van der Waals surface area contributed by atoms with Crippen molar-refractivity contribution in [3.63, 3.8) is 0 Å². The van der Waals surface area contributed by atoms with Crippen LogP contribution in [0.1, 0.15) is 31.7 Å². The number of hydrogen-bond donors (Lipinski definition) is 2. The molecule has 0 amide bonds. The standard InChI is InChI=1S/C19H25FN4O2/c1-11(21-2)12-5-6-23(9-12)18-16(20)8-13-7-14(19(25)26)10-24(15-3-4-15)17(13)22-18/h8,10-12,15,21H,3-7,9H2,1-2H3,(H,25,26)/t11-,12-/m1/s1.